The van der Waals surface area contributed by atoms with Crippen LogP contribution in [0.1, 0.15) is 13.3 Å². The van der Waals surface area contributed by atoms with Gasteiger partial charge in [-0.1, -0.05) is 0 Å². The van der Waals surface area contributed by atoms with E-state index in [0.29, 0.717) is 26.2 Å². The van der Waals surface area contributed by atoms with Crippen molar-refractivity contribution in [2.45, 2.75) is 13.3 Å². The number of hydrogen-bond donors (Lipinski definition) is 1. The number of carbonyl (C=O) groups is 1. The Morgan fingerprint density at radius 3 is 1.87 bits per heavy atom. The summed E-state index contributed by atoms with van der Waals surface area (Å²) in [5, 5.41) is 0. The first-order valence-corrected chi connectivity index (χ1v) is 9.62. The number of ketones is 1. The van der Waals surface area contributed by atoms with Crippen LogP contribution in [0, 0.1) is 0 Å². The van der Waals surface area contributed by atoms with Crippen LogP contribution in [-0.4, -0.2) is 88.6 Å². The summed E-state index contributed by atoms with van der Waals surface area (Å²) >= 11 is 0. The Balaban J connectivity index is 3.44. The maximum Gasteiger partial charge on any atom is 0.250 e. The molecule has 0 radical (unpaired) electrons. The van der Waals surface area contributed by atoms with E-state index in [0.717, 1.165) is 6.54 Å². The minimum absolute atomic E-state index is 0.0635. The highest BCUT2D eigenvalue weighted by Crippen LogP contribution is 2.39. The highest BCUT2D eigenvalue weighted by Gasteiger charge is 2.18. The highest BCUT2D eigenvalue weighted by molar-refractivity contribution is 7.57. The second kappa shape index (κ2) is 14.0. The van der Waals surface area contributed by atoms with Gasteiger partial charge >= 0.3 is 0 Å². The molecule has 138 valence electrons. The number of carbonyl (C=O) groups excluding carboxylic acids is 1. The van der Waals surface area contributed by atoms with Gasteiger partial charge in [0.1, 0.15) is 18.5 Å². The van der Waals surface area contributed by atoms with Gasteiger partial charge in [-0.3, -0.25) is 9.36 Å². The molecule has 0 bridgehead atoms. The first kappa shape index (κ1) is 22.7. The molecule has 0 spiro atoms. The zero-order valence-electron chi connectivity index (χ0n) is 14.4. The molecule has 1 atom stereocenters. The molecular weight excluding hydrogens is 325 g/mol. The molecule has 9 heteroatoms. The van der Waals surface area contributed by atoms with Crippen LogP contribution in [0.5, 0.6) is 0 Å². The molecule has 0 aromatic rings. The lowest BCUT2D eigenvalue weighted by molar-refractivity contribution is -0.118. The van der Waals surface area contributed by atoms with E-state index in [4.69, 9.17) is 18.9 Å². The van der Waals surface area contributed by atoms with E-state index in [1.807, 2.05) is 19.0 Å². The molecule has 0 amide bonds. The predicted octanol–water partition coefficient (Wildman–Crippen LogP) is 0.779. The maximum atomic E-state index is 11.7. The van der Waals surface area contributed by atoms with Gasteiger partial charge in [0.05, 0.1) is 39.6 Å². The average molecular weight is 355 g/mol. The average Bonchev–Trinajstić information content (AvgIpc) is 2.44. The van der Waals surface area contributed by atoms with Gasteiger partial charge in [-0.05, 0) is 21.0 Å². The molecule has 23 heavy (non-hydrogen) atoms. The number of ether oxygens (including phenoxy) is 4. The van der Waals surface area contributed by atoms with Gasteiger partial charge in [0.15, 0.2) is 0 Å². The number of Topliss-reactive ketones (excluding diaryl/α,β-unsaturated/α-hetero) is 1. The van der Waals surface area contributed by atoms with Crippen molar-refractivity contribution in [3.8, 4) is 0 Å². The van der Waals surface area contributed by atoms with Crippen molar-refractivity contribution in [3.05, 3.63) is 0 Å². The summed E-state index contributed by atoms with van der Waals surface area (Å²) in [7, 11) is 0.456. The predicted molar refractivity (Wildman–Crippen MR) is 87.0 cm³/mol. The van der Waals surface area contributed by atoms with E-state index in [2.05, 4.69) is 0 Å². The van der Waals surface area contributed by atoms with Gasteiger partial charge in [-0.2, -0.15) is 0 Å². The summed E-state index contributed by atoms with van der Waals surface area (Å²) in [6.07, 6.45) is -0.164. The normalized spacial score (nSPS) is 14.1. The van der Waals surface area contributed by atoms with E-state index in [9.17, 15) is 14.3 Å². The third-order valence-electron chi connectivity index (χ3n) is 2.61. The molecule has 0 saturated carbocycles. The fourth-order valence-electron chi connectivity index (χ4n) is 1.35. The smallest absolute Gasteiger partial charge is 0.250 e. The third-order valence-corrected chi connectivity index (χ3v) is 3.78. The molecule has 0 aromatic carbocycles. The Morgan fingerprint density at radius 1 is 0.913 bits per heavy atom. The van der Waals surface area contributed by atoms with Gasteiger partial charge in [0.25, 0.3) is 0 Å². The van der Waals surface area contributed by atoms with Crippen molar-refractivity contribution in [2.75, 3.05) is 73.0 Å². The Bertz CT molecular complexity index is 352. The van der Waals surface area contributed by atoms with Crippen LogP contribution >= 0.6 is 7.37 Å². The Morgan fingerprint density at radius 2 is 1.39 bits per heavy atom. The number of nitrogens with zero attached hydrogens (tertiary/aromatic N) is 1. The summed E-state index contributed by atoms with van der Waals surface area (Å²) in [6.45, 7) is 4.40. The van der Waals surface area contributed by atoms with Crippen LogP contribution < -0.4 is 0 Å². The van der Waals surface area contributed by atoms with E-state index in [1.54, 1.807) is 0 Å². The maximum absolute atomic E-state index is 11.7. The van der Waals surface area contributed by atoms with Crippen molar-refractivity contribution in [1.82, 2.24) is 4.90 Å². The fourth-order valence-corrected chi connectivity index (χ4v) is 2.26. The van der Waals surface area contributed by atoms with Crippen LogP contribution in [0.2, 0.25) is 0 Å². The Hall–Kier alpha value is -0.340. The molecule has 1 N–H and O–H groups in total. The van der Waals surface area contributed by atoms with Crippen molar-refractivity contribution in [3.63, 3.8) is 0 Å². The van der Waals surface area contributed by atoms with Crippen LogP contribution in [0.4, 0.5) is 0 Å². The van der Waals surface area contributed by atoms with Crippen molar-refractivity contribution >= 4 is 13.2 Å². The van der Waals surface area contributed by atoms with Crippen molar-refractivity contribution in [2.24, 2.45) is 0 Å². The molecular formula is C14H30NO7P. The topological polar surface area (TPSA) is 94.5 Å². The SMILES string of the molecule is CC(=O)CCOCCOCP(=O)(O)COCCOCCN(C)C. The van der Waals surface area contributed by atoms with Crippen LogP contribution in [0.15, 0.2) is 0 Å². The molecule has 0 aliphatic rings. The second-order valence-corrected chi connectivity index (χ2v) is 7.61. The highest BCUT2D eigenvalue weighted by atomic mass is 31.2. The zero-order valence-corrected chi connectivity index (χ0v) is 15.3. The van der Waals surface area contributed by atoms with Gasteiger partial charge < -0.3 is 28.7 Å². The minimum Gasteiger partial charge on any atom is -0.379 e. The van der Waals surface area contributed by atoms with E-state index < -0.39 is 7.37 Å². The lowest BCUT2D eigenvalue weighted by Gasteiger charge is -2.13. The Kier molecular flexibility index (Phi) is 13.8. The van der Waals surface area contributed by atoms with E-state index >= 15 is 0 Å². The molecule has 0 aliphatic carbocycles. The molecule has 0 rings (SSSR count). The van der Waals surface area contributed by atoms with E-state index in [-0.39, 0.29) is 38.3 Å². The summed E-state index contributed by atoms with van der Waals surface area (Å²) in [4.78, 5) is 22.3. The molecule has 0 saturated heterocycles. The van der Waals surface area contributed by atoms with Crippen molar-refractivity contribution in [1.29, 1.82) is 0 Å². The molecule has 0 aliphatic heterocycles. The van der Waals surface area contributed by atoms with Crippen LogP contribution in [0.3, 0.4) is 0 Å². The van der Waals surface area contributed by atoms with Crippen molar-refractivity contribution < 1.29 is 33.2 Å². The standard InChI is InChI=1S/C14H30NO7P/c1-14(16)4-6-19-8-10-21-12-23(17,18)13-22-11-9-20-7-5-15(2)3/h4-13H2,1-3H3,(H,17,18). The van der Waals surface area contributed by atoms with Crippen LogP contribution in [0.25, 0.3) is 0 Å². The molecule has 1 unspecified atom stereocenters. The summed E-state index contributed by atoms with van der Waals surface area (Å²) in [6, 6.07) is 0. The van der Waals surface area contributed by atoms with Gasteiger partial charge in [0, 0.05) is 13.0 Å². The van der Waals surface area contributed by atoms with Gasteiger partial charge in [-0.25, -0.2) is 0 Å². The van der Waals surface area contributed by atoms with Crippen LogP contribution in [-0.2, 0) is 28.3 Å². The first-order chi connectivity index (χ1) is 10.8. The number of rotatable bonds is 16. The molecule has 0 fully saturated rings. The second-order valence-electron chi connectivity index (χ2n) is 5.40. The fraction of sp³-hybridized carbons (Fsp3) is 0.929. The third kappa shape index (κ3) is 17.8. The quantitative estimate of drug-likeness (QED) is 0.321. The molecule has 0 heterocycles. The summed E-state index contributed by atoms with van der Waals surface area (Å²) < 4.78 is 32.4. The van der Waals surface area contributed by atoms with E-state index in [1.165, 1.54) is 6.92 Å². The summed E-state index contributed by atoms with van der Waals surface area (Å²) in [5.41, 5.74) is 0. The molecule has 8 nitrogen and oxygen atoms in total. The Labute approximate surface area is 138 Å². The number of hydrogen-bond acceptors (Lipinski definition) is 7. The zero-order chi connectivity index (χ0) is 17.6. The first-order valence-electron chi connectivity index (χ1n) is 7.59. The minimum atomic E-state index is -3.45. The van der Waals surface area contributed by atoms with Gasteiger partial charge in [0.2, 0.25) is 7.37 Å². The number of likely N-dealkylation sites (N-methyl/N-ethyl adjacent to an activating group) is 1. The monoisotopic (exact) mass is 355 g/mol. The molecule has 0 aromatic heterocycles. The summed E-state index contributed by atoms with van der Waals surface area (Å²) in [5.74, 6) is 0.0635. The largest absolute Gasteiger partial charge is 0.379 e. The lowest BCUT2D eigenvalue weighted by atomic mass is 10.3. The lowest BCUT2D eigenvalue weighted by Crippen LogP contribution is -2.19. The van der Waals surface area contributed by atoms with Gasteiger partial charge in [-0.15, -0.1) is 0 Å².